The molecule has 2 aromatic rings. The van der Waals surface area contributed by atoms with Crippen LogP contribution in [0.3, 0.4) is 0 Å². The van der Waals surface area contributed by atoms with Gasteiger partial charge in [-0.15, -0.1) is 0 Å². The van der Waals surface area contributed by atoms with Crippen molar-refractivity contribution in [1.82, 2.24) is 20.5 Å². The molecule has 5 rings (SSSR count). The van der Waals surface area contributed by atoms with Crippen molar-refractivity contribution in [3.63, 3.8) is 0 Å². The monoisotopic (exact) mass is 504 g/mol. The maximum Gasteiger partial charge on any atom is 0.253 e. The Labute approximate surface area is 217 Å². The Bertz CT molecular complexity index is 1200. The molecule has 2 bridgehead atoms. The van der Waals surface area contributed by atoms with E-state index in [1.54, 1.807) is 25.3 Å². The molecule has 3 aliphatic heterocycles. The lowest BCUT2D eigenvalue weighted by atomic mass is 9.95. The summed E-state index contributed by atoms with van der Waals surface area (Å²) in [5.74, 6) is 0.220. The molecule has 0 radical (unpaired) electrons. The van der Waals surface area contributed by atoms with Gasteiger partial charge >= 0.3 is 0 Å². The molecular weight excluding hydrogens is 468 g/mol. The van der Waals surface area contributed by atoms with Gasteiger partial charge in [-0.05, 0) is 94.9 Å². The molecule has 3 aliphatic rings. The predicted octanol–water partition coefficient (Wildman–Crippen LogP) is 2.16. The van der Waals surface area contributed by atoms with Gasteiger partial charge in [0.05, 0.1) is 5.56 Å². The largest absolute Gasteiger partial charge is 0.366 e. The Hall–Kier alpha value is -3.46. The molecule has 9 nitrogen and oxygen atoms in total. The molecule has 3 atom stereocenters. The number of likely N-dealkylation sites (N-methyl/N-ethyl adjacent to an activating group) is 1. The van der Waals surface area contributed by atoms with Crippen LogP contribution in [-0.2, 0) is 0 Å². The SMILES string of the molecule is Cc1cc(C(=O)NC2CC3CCC(C2)N3c2ccc(C(=O)N[C@H]3CCN(C)C3)cn2)c(C)cc1C(N)=O. The smallest absolute Gasteiger partial charge is 0.253 e. The molecule has 0 saturated carbocycles. The van der Waals surface area contributed by atoms with Crippen molar-refractivity contribution in [3.8, 4) is 0 Å². The number of anilines is 1. The van der Waals surface area contributed by atoms with E-state index in [4.69, 9.17) is 5.73 Å². The fourth-order valence-electron chi connectivity index (χ4n) is 6.25. The van der Waals surface area contributed by atoms with Gasteiger partial charge in [0.25, 0.3) is 11.8 Å². The topological polar surface area (TPSA) is 121 Å². The third kappa shape index (κ3) is 5.18. The van der Waals surface area contributed by atoms with E-state index in [1.807, 2.05) is 19.1 Å². The molecule has 37 heavy (non-hydrogen) atoms. The van der Waals surface area contributed by atoms with Crippen LogP contribution in [0.2, 0.25) is 0 Å². The molecule has 0 aliphatic carbocycles. The van der Waals surface area contributed by atoms with Gasteiger partial charge < -0.3 is 26.2 Å². The first-order valence-corrected chi connectivity index (χ1v) is 13.1. The molecule has 1 aromatic heterocycles. The number of rotatable bonds is 6. The summed E-state index contributed by atoms with van der Waals surface area (Å²) in [5, 5.41) is 6.34. The van der Waals surface area contributed by atoms with E-state index < -0.39 is 5.91 Å². The van der Waals surface area contributed by atoms with Crippen molar-refractivity contribution < 1.29 is 14.4 Å². The number of likely N-dealkylation sites (tertiary alicyclic amines) is 1. The van der Waals surface area contributed by atoms with Gasteiger partial charge in [0.1, 0.15) is 5.82 Å². The maximum absolute atomic E-state index is 13.1. The highest BCUT2D eigenvalue weighted by atomic mass is 16.2. The summed E-state index contributed by atoms with van der Waals surface area (Å²) in [6.45, 7) is 5.51. The Balaban J connectivity index is 1.21. The zero-order valence-electron chi connectivity index (χ0n) is 21.8. The lowest BCUT2D eigenvalue weighted by molar-refractivity contribution is 0.0921. The minimum atomic E-state index is -0.486. The van der Waals surface area contributed by atoms with E-state index in [1.165, 1.54) is 0 Å². The molecule has 0 spiro atoms. The molecule has 196 valence electrons. The third-order valence-corrected chi connectivity index (χ3v) is 8.15. The molecule has 4 heterocycles. The van der Waals surface area contributed by atoms with E-state index in [-0.39, 0.29) is 23.9 Å². The highest BCUT2D eigenvalue weighted by molar-refractivity contribution is 5.99. The summed E-state index contributed by atoms with van der Waals surface area (Å²) in [5.41, 5.74) is 8.51. The molecule has 4 N–H and O–H groups in total. The van der Waals surface area contributed by atoms with E-state index in [9.17, 15) is 14.4 Å². The molecule has 2 unspecified atom stereocenters. The highest BCUT2D eigenvalue weighted by Gasteiger charge is 2.42. The second-order valence-corrected chi connectivity index (χ2v) is 10.9. The van der Waals surface area contributed by atoms with E-state index in [2.05, 4.69) is 32.5 Å². The number of hydrogen-bond donors (Lipinski definition) is 3. The third-order valence-electron chi connectivity index (χ3n) is 8.15. The van der Waals surface area contributed by atoms with Crippen molar-refractivity contribution in [2.24, 2.45) is 5.73 Å². The summed E-state index contributed by atoms with van der Waals surface area (Å²) in [7, 11) is 2.07. The van der Waals surface area contributed by atoms with Crippen molar-refractivity contribution in [3.05, 3.63) is 58.3 Å². The van der Waals surface area contributed by atoms with Crippen molar-refractivity contribution in [1.29, 1.82) is 0 Å². The average Bonchev–Trinajstić information content (AvgIpc) is 3.39. The number of aryl methyl sites for hydroxylation is 2. The minimum absolute atomic E-state index is 0.0712. The van der Waals surface area contributed by atoms with E-state index in [0.29, 0.717) is 34.3 Å². The van der Waals surface area contributed by atoms with Crippen LogP contribution >= 0.6 is 0 Å². The van der Waals surface area contributed by atoms with E-state index in [0.717, 1.165) is 56.6 Å². The van der Waals surface area contributed by atoms with Crippen molar-refractivity contribution in [2.75, 3.05) is 25.0 Å². The zero-order chi connectivity index (χ0) is 26.3. The van der Waals surface area contributed by atoms with Gasteiger partial charge in [-0.25, -0.2) is 4.98 Å². The van der Waals surface area contributed by atoms with Crippen molar-refractivity contribution in [2.45, 2.75) is 70.1 Å². The first-order chi connectivity index (χ1) is 17.7. The number of amides is 3. The zero-order valence-corrected chi connectivity index (χ0v) is 21.8. The average molecular weight is 505 g/mol. The summed E-state index contributed by atoms with van der Waals surface area (Å²) in [4.78, 5) is 46.6. The number of nitrogens with two attached hydrogens (primary N) is 1. The Kier molecular flexibility index (Phi) is 6.90. The minimum Gasteiger partial charge on any atom is -0.366 e. The fourth-order valence-corrected chi connectivity index (χ4v) is 6.25. The van der Waals surface area contributed by atoms with Crippen LogP contribution in [-0.4, -0.2) is 71.9 Å². The lowest BCUT2D eigenvalue weighted by Crippen LogP contribution is -2.51. The number of benzene rings is 1. The summed E-state index contributed by atoms with van der Waals surface area (Å²) >= 11 is 0. The standard InChI is InChI=1S/C28H36N6O3/c1-16-11-24(17(2)10-23(16)26(29)35)28(37)32-20-12-21-5-6-22(13-20)34(21)25-7-4-18(14-30-25)27(36)31-19-8-9-33(3)15-19/h4,7,10-11,14,19-22H,5-6,8-9,12-13,15H2,1-3H3,(H2,29,35)(H,31,36)(H,32,37)/t19-,20?,21?,22?/m0/s1. The normalized spacial score (nSPS) is 25.2. The molecule has 3 fully saturated rings. The van der Waals surface area contributed by atoms with Gasteiger partial charge in [-0.2, -0.15) is 0 Å². The summed E-state index contributed by atoms with van der Waals surface area (Å²) in [6.07, 6.45) is 6.46. The van der Waals surface area contributed by atoms with Crippen LogP contribution in [0.4, 0.5) is 5.82 Å². The number of carbonyl (C=O) groups excluding carboxylic acids is 3. The quantitative estimate of drug-likeness (QED) is 0.555. The number of primary amides is 1. The number of fused-ring (bicyclic) bond motifs is 2. The van der Waals surface area contributed by atoms with Gasteiger partial charge in [0.15, 0.2) is 0 Å². The van der Waals surface area contributed by atoms with Crippen LogP contribution in [0.25, 0.3) is 0 Å². The Morgan fingerprint density at radius 3 is 2.16 bits per heavy atom. The van der Waals surface area contributed by atoms with Crippen LogP contribution < -0.4 is 21.3 Å². The number of nitrogens with one attached hydrogen (secondary N) is 2. The van der Waals surface area contributed by atoms with Crippen molar-refractivity contribution >= 4 is 23.5 Å². The molecule has 1 aromatic carbocycles. The number of carbonyl (C=O) groups is 3. The second-order valence-electron chi connectivity index (χ2n) is 10.9. The number of nitrogens with zero attached hydrogens (tertiary/aromatic N) is 3. The molecule has 9 heteroatoms. The lowest BCUT2D eigenvalue weighted by Gasteiger charge is -2.40. The van der Waals surface area contributed by atoms with Crippen LogP contribution in [0, 0.1) is 13.8 Å². The number of pyridine rings is 1. The maximum atomic E-state index is 13.1. The fraction of sp³-hybridized carbons (Fsp3) is 0.500. The number of aromatic nitrogens is 1. The van der Waals surface area contributed by atoms with Crippen LogP contribution in [0.15, 0.2) is 30.5 Å². The Morgan fingerprint density at radius 1 is 0.919 bits per heavy atom. The van der Waals surface area contributed by atoms with Gasteiger partial charge in [0.2, 0.25) is 5.91 Å². The first-order valence-electron chi connectivity index (χ1n) is 13.1. The number of piperidine rings is 1. The first kappa shape index (κ1) is 25.2. The summed E-state index contributed by atoms with van der Waals surface area (Å²) < 4.78 is 0. The number of hydrogen-bond acceptors (Lipinski definition) is 6. The Morgan fingerprint density at radius 2 is 1.57 bits per heavy atom. The van der Waals surface area contributed by atoms with Gasteiger partial charge in [-0.1, -0.05) is 0 Å². The predicted molar refractivity (Wildman–Crippen MR) is 142 cm³/mol. The molecule has 3 saturated heterocycles. The molecule has 3 amide bonds. The van der Waals surface area contributed by atoms with Crippen LogP contribution in [0.1, 0.15) is 74.3 Å². The summed E-state index contributed by atoms with van der Waals surface area (Å²) in [6, 6.07) is 8.12. The highest BCUT2D eigenvalue weighted by Crippen LogP contribution is 2.38. The molecular formula is C28H36N6O3. The van der Waals surface area contributed by atoms with Crippen LogP contribution in [0.5, 0.6) is 0 Å². The second kappa shape index (κ2) is 10.1. The van der Waals surface area contributed by atoms with E-state index >= 15 is 0 Å². The van der Waals surface area contributed by atoms with Gasteiger partial charge in [-0.3, -0.25) is 14.4 Å². The van der Waals surface area contributed by atoms with Gasteiger partial charge in [0, 0.05) is 48.0 Å².